The molecule has 1 amide bonds. The number of anilines is 2. The highest BCUT2D eigenvalue weighted by atomic mass is 35.5. The molecule has 17 heavy (non-hydrogen) atoms. The van der Waals surface area contributed by atoms with Crippen LogP contribution in [0.5, 0.6) is 0 Å². The molecule has 0 aromatic carbocycles. The highest BCUT2D eigenvalue weighted by molar-refractivity contribution is 6.28. The molecular weight excluding hydrogens is 240 g/mol. The van der Waals surface area contributed by atoms with Crippen LogP contribution in [-0.2, 0) is 4.79 Å². The van der Waals surface area contributed by atoms with E-state index in [1.54, 1.807) is 18.1 Å². The molecule has 2 aliphatic rings. The molecule has 3 rings (SSSR count). The number of carbonyl (C=O) groups is 1. The monoisotopic (exact) mass is 252 g/mol. The van der Waals surface area contributed by atoms with Crippen molar-refractivity contribution in [3.8, 4) is 0 Å². The fraction of sp³-hybridized carbons (Fsp3) is 0.545. The van der Waals surface area contributed by atoms with Crippen molar-refractivity contribution in [2.24, 2.45) is 0 Å². The molecular formula is C11H13ClN4O. The third-order valence-electron chi connectivity index (χ3n) is 3.52. The second-order valence-corrected chi connectivity index (χ2v) is 4.83. The van der Waals surface area contributed by atoms with Gasteiger partial charge in [0.05, 0.1) is 6.20 Å². The van der Waals surface area contributed by atoms with E-state index in [1.807, 2.05) is 0 Å². The van der Waals surface area contributed by atoms with Crippen LogP contribution in [0.4, 0.5) is 11.5 Å². The SMILES string of the molecule is CN1C(=O)C[C@@H]2CCCN2c2nc(Cl)ncc21. The minimum Gasteiger partial charge on any atom is -0.351 e. The maximum absolute atomic E-state index is 12.0. The van der Waals surface area contributed by atoms with E-state index in [0.717, 1.165) is 30.9 Å². The predicted molar refractivity (Wildman–Crippen MR) is 65.4 cm³/mol. The van der Waals surface area contributed by atoms with Gasteiger partial charge in [-0.3, -0.25) is 4.79 Å². The molecule has 2 aliphatic heterocycles. The van der Waals surface area contributed by atoms with Gasteiger partial charge >= 0.3 is 0 Å². The Morgan fingerprint density at radius 2 is 2.35 bits per heavy atom. The maximum atomic E-state index is 12.0. The van der Waals surface area contributed by atoms with Crippen LogP contribution in [0.1, 0.15) is 19.3 Å². The molecule has 1 fully saturated rings. The number of fused-ring (bicyclic) bond motifs is 3. The number of carbonyl (C=O) groups excluding carboxylic acids is 1. The minimum atomic E-state index is 0.117. The maximum Gasteiger partial charge on any atom is 0.228 e. The first-order valence-electron chi connectivity index (χ1n) is 5.72. The Labute approximate surface area is 104 Å². The summed E-state index contributed by atoms with van der Waals surface area (Å²) >= 11 is 5.85. The molecule has 0 saturated carbocycles. The first kappa shape index (κ1) is 10.8. The Morgan fingerprint density at radius 1 is 1.53 bits per heavy atom. The largest absolute Gasteiger partial charge is 0.351 e. The topological polar surface area (TPSA) is 49.3 Å². The van der Waals surface area contributed by atoms with Crippen LogP contribution in [0.2, 0.25) is 5.28 Å². The van der Waals surface area contributed by atoms with Crippen LogP contribution in [0, 0.1) is 0 Å². The van der Waals surface area contributed by atoms with Gasteiger partial charge in [0.15, 0.2) is 5.82 Å². The minimum absolute atomic E-state index is 0.117. The number of halogens is 1. The number of amides is 1. The highest BCUT2D eigenvalue weighted by Crippen LogP contribution is 2.36. The van der Waals surface area contributed by atoms with Gasteiger partial charge in [-0.1, -0.05) is 0 Å². The van der Waals surface area contributed by atoms with Gasteiger partial charge in [-0.25, -0.2) is 4.98 Å². The molecule has 1 aromatic rings. The van der Waals surface area contributed by atoms with Gasteiger partial charge in [0.1, 0.15) is 5.69 Å². The van der Waals surface area contributed by atoms with Crippen molar-refractivity contribution in [1.82, 2.24) is 9.97 Å². The second-order valence-electron chi connectivity index (χ2n) is 4.49. The third kappa shape index (κ3) is 1.65. The van der Waals surface area contributed by atoms with Gasteiger partial charge in [0, 0.05) is 26.1 Å². The van der Waals surface area contributed by atoms with Crippen molar-refractivity contribution >= 4 is 29.0 Å². The number of hydrogen-bond donors (Lipinski definition) is 0. The number of hydrogen-bond acceptors (Lipinski definition) is 4. The average molecular weight is 253 g/mol. The fourth-order valence-electron chi connectivity index (χ4n) is 2.59. The summed E-state index contributed by atoms with van der Waals surface area (Å²) < 4.78 is 0. The molecule has 0 radical (unpaired) electrons. The van der Waals surface area contributed by atoms with Gasteiger partial charge in [-0.2, -0.15) is 4.98 Å². The van der Waals surface area contributed by atoms with E-state index in [9.17, 15) is 4.79 Å². The van der Waals surface area contributed by atoms with Crippen molar-refractivity contribution in [1.29, 1.82) is 0 Å². The Morgan fingerprint density at radius 3 is 3.18 bits per heavy atom. The van der Waals surface area contributed by atoms with Gasteiger partial charge in [0.2, 0.25) is 11.2 Å². The van der Waals surface area contributed by atoms with Gasteiger partial charge in [-0.05, 0) is 24.4 Å². The Kier molecular flexibility index (Phi) is 2.43. The zero-order valence-electron chi connectivity index (χ0n) is 9.56. The molecule has 6 heteroatoms. The lowest BCUT2D eigenvalue weighted by Gasteiger charge is -2.23. The molecule has 5 nitrogen and oxygen atoms in total. The molecule has 90 valence electrons. The van der Waals surface area contributed by atoms with Crippen LogP contribution < -0.4 is 9.80 Å². The average Bonchev–Trinajstić information content (AvgIpc) is 2.72. The van der Waals surface area contributed by atoms with E-state index < -0.39 is 0 Å². The molecule has 3 heterocycles. The first-order valence-corrected chi connectivity index (χ1v) is 6.10. The van der Waals surface area contributed by atoms with E-state index in [1.165, 1.54) is 0 Å². The van der Waals surface area contributed by atoms with E-state index in [0.29, 0.717) is 6.42 Å². The van der Waals surface area contributed by atoms with Crippen LogP contribution in [0.25, 0.3) is 0 Å². The standard InChI is InChI=1S/C11H13ClN4O/c1-15-8-6-13-11(12)14-10(8)16-4-2-3-7(16)5-9(15)17/h6-7H,2-5H2,1H3/t7-/m0/s1. The summed E-state index contributed by atoms with van der Waals surface area (Å²) in [5.41, 5.74) is 0.754. The molecule has 0 bridgehead atoms. The summed E-state index contributed by atoms with van der Waals surface area (Å²) in [6, 6.07) is 0.261. The normalized spacial score (nSPS) is 23.4. The molecule has 0 unspecified atom stereocenters. The molecule has 0 spiro atoms. The summed E-state index contributed by atoms with van der Waals surface area (Å²) in [5, 5.41) is 0.233. The number of aromatic nitrogens is 2. The van der Waals surface area contributed by atoms with Crippen LogP contribution in [0.3, 0.4) is 0 Å². The van der Waals surface area contributed by atoms with Crippen molar-refractivity contribution in [2.75, 3.05) is 23.4 Å². The molecule has 0 aliphatic carbocycles. The summed E-state index contributed by atoms with van der Waals surface area (Å²) in [6.45, 7) is 0.937. The van der Waals surface area contributed by atoms with E-state index in [-0.39, 0.29) is 17.2 Å². The van der Waals surface area contributed by atoms with Crippen LogP contribution >= 0.6 is 11.6 Å². The number of nitrogens with zero attached hydrogens (tertiary/aromatic N) is 4. The summed E-state index contributed by atoms with van der Waals surface area (Å²) in [7, 11) is 1.76. The van der Waals surface area contributed by atoms with Crippen molar-refractivity contribution < 1.29 is 4.79 Å². The molecule has 1 atom stereocenters. The van der Waals surface area contributed by atoms with Crippen molar-refractivity contribution in [2.45, 2.75) is 25.3 Å². The molecule has 1 aromatic heterocycles. The lowest BCUT2D eigenvalue weighted by molar-refractivity contribution is -0.118. The second kappa shape index (κ2) is 3.84. The summed E-state index contributed by atoms with van der Waals surface area (Å²) in [4.78, 5) is 24.1. The van der Waals surface area contributed by atoms with Crippen molar-refractivity contribution in [3.63, 3.8) is 0 Å². The van der Waals surface area contributed by atoms with Gasteiger partial charge in [-0.15, -0.1) is 0 Å². The molecule has 1 saturated heterocycles. The predicted octanol–water partition coefficient (Wildman–Crippen LogP) is 1.47. The lowest BCUT2D eigenvalue weighted by atomic mass is 10.1. The summed E-state index contributed by atoms with van der Waals surface area (Å²) in [6.07, 6.45) is 4.32. The first-order chi connectivity index (χ1) is 8.16. The van der Waals surface area contributed by atoms with E-state index in [2.05, 4.69) is 14.9 Å². The Hall–Kier alpha value is -1.36. The van der Waals surface area contributed by atoms with Crippen molar-refractivity contribution in [3.05, 3.63) is 11.5 Å². The Balaban J connectivity index is 2.15. The lowest BCUT2D eigenvalue weighted by Crippen LogP contribution is -2.31. The highest BCUT2D eigenvalue weighted by Gasteiger charge is 2.35. The smallest absolute Gasteiger partial charge is 0.228 e. The van der Waals surface area contributed by atoms with Crippen LogP contribution in [0.15, 0.2) is 6.20 Å². The van der Waals surface area contributed by atoms with E-state index in [4.69, 9.17) is 11.6 Å². The quantitative estimate of drug-likeness (QED) is 0.656. The zero-order valence-corrected chi connectivity index (χ0v) is 10.3. The van der Waals surface area contributed by atoms with Gasteiger partial charge in [0.25, 0.3) is 0 Å². The zero-order chi connectivity index (χ0) is 12.0. The fourth-order valence-corrected chi connectivity index (χ4v) is 2.72. The van der Waals surface area contributed by atoms with Gasteiger partial charge < -0.3 is 9.80 Å². The summed E-state index contributed by atoms with van der Waals surface area (Å²) in [5.74, 6) is 0.910. The van der Waals surface area contributed by atoms with Crippen LogP contribution in [-0.4, -0.2) is 35.5 Å². The number of rotatable bonds is 0. The Bertz CT molecular complexity index is 479. The molecule has 0 N–H and O–H groups in total. The van der Waals surface area contributed by atoms with E-state index >= 15 is 0 Å². The third-order valence-corrected chi connectivity index (χ3v) is 3.70.